The largest absolute Gasteiger partial charge is 0.384 e. The van der Waals surface area contributed by atoms with E-state index in [1.54, 1.807) is 0 Å². The van der Waals surface area contributed by atoms with Crippen LogP contribution in [0.2, 0.25) is 0 Å². The first-order chi connectivity index (χ1) is 9.85. The second-order valence-electron chi connectivity index (χ2n) is 6.47. The van der Waals surface area contributed by atoms with Gasteiger partial charge in [0.05, 0.1) is 6.54 Å². The quantitative estimate of drug-likeness (QED) is 0.836. The van der Waals surface area contributed by atoms with E-state index in [0.29, 0.717) is 6.42 Å². The third-order valence-corrected chi connectivity index (χ3v) is 4.16. The molecule has 0 radical (unpaired) electrons. The van der Waals surface area contributed by atoms with Crippen molar-refractivity contribution < 1.29 is 5.11 Å². The van der Waals surface area contributed by atoms with Crippen LogP contribution >= 0.6 is 0 Å². The summed E-state index contributed by atoms with van der Waals surface area (Å²) in [7, 11) is 0. The Morgan fingerprint density at radius 3 is 2.05 bits per heavy atom. The van der Waals surface area contributed by atoms with Crippen molar-refractivity contribution >= 4 is 0 Å². The maximum absolute atomic E-state index is 11.2. The minimum atomic E-state index is -0.926. The number of rotatable bonds is 5. The van der Waals surface area contributed by atoms with Crippen molar-refractivity contribution in [2.75, 3.05) is 19.6 Å². The van der Waals surface area contributed by atoms with Gasteiger partial charge < -0.3 is 5.11 Å². The molecule has 1 aromatic carbocycles. The fourth-order valence-electron chi connectivity index (χ4n) is 2.32. The Hall–Kier alpha value is -1.30. The highest BCUT2D eigenvalue weighted by Gasteiger charge is 2.40. The van der Waals surface area contributed by atoms with Crippen LogP contribution < -0.4 is 0 Å². The summed E-state index contributed by atoms with van der Waals surface area (Å²) in [4.78, 5) is 2.27. The van der Waals surface area contributed by atoms with Gasteiger partial charge in [0.25, 0.3) is 0 Å². The van der Waals surface area contributed by atoms with E-state index in [1.807, 2.05) is 30.3 Å². The van der Waals surface area contributed by atoms with Gasteiger partial charge in [-0.1, -0.05) is 76.8 Å². The van der Waals surface area contributed by atoms with Crippen LogP contribution in [-0.2, 0) is 5.60 Å². The predicted molar refractivity (Wildman–Crippen MR) is 90.0 cm³/mol. The molecular weight excluding hydrogens is 258 g/mol. The van der Waals surface area contributed by atoms with E-state index in [1.165, 1.54) is 0 Å². The first-order valence-electron chi connectivity index (χ1n) is 7.81. The molecule has 0 aromatic heterocycles. The van der Waals surface area contributed by atoms with E-state index in [-0.39, 0.29) is 5.41 Å². The summed E-state index contributed by atoms with van der Waals surface area (Å²) < 4.78 is 0. The van der Waals surface area contributed by atoms with Crippen molar-refractivity contribution in [3.8, 4) is 11.8 Å². The maximum atomic E-state index is 11.2. The molecule has 0 fully saturated rings. The van der Waals surface area contributed by atoms with E-state index in [2.05, 4.69) is 51.4 Å². The van der Waals surface area contributed by atoms with Crippen LogP contribution in [0.15, 0.2) is 30.3 Å². The van der Waals surface area contributed by atoms with Gasteiger partial charge in [-0.25, -0.2) is 0 Å². The van der Waals surface area contributed by atoms with Crippen LogP contribution in [0, 0.1) is 17.3 Å². The van der Waals surface area contributed by atoms with E-state index in [0.717, 1.165) is 25.2 Å². The molecule has 0 amide bonds. The van der Waals surface area contributed by atoms with E-state index < -0.39 is 5.60 Å². The Bertz CT molecular complexity index is 474. The van der Waals surface area contributed by atoms with E-state index in [4.69, 9.17) is 0 Å². The Labute approximate surface area is 130 Å². The second kappa shape index (κ2) is 7.64. The standard InChI is InChI=1S/C19H29NO/c1-6-20(7-2)16-12-11-15-19(21,18(3,4)5)17-13-9-8-10-14-17/h8-10,13-14,21H,6-7,15-16H2,1-5H3/t19-/m1/s1. The van der Waals surface area contributed by atoms with Crippen LogP contribution in [0.25, 0.3) is 0 Å². The zero-order valence-corrected chi connectivity index (χ0v) is 14.1. The predicted octanol–water partition coefficient (Wildman–Crippen LogP) is 3.66. The molecule has 0 bridgehead atoms. The summed E-state index contributed by atoms with van der Waals surface area (Å²) in [6.07, 6.45) is 0.460. The number of nitrogens with zero attached hydrogens (tertiary/aromatic N) is 1. The molecule has 1 atom stereocenters. The molecule has 1 N–H and O–H groups in total. The molecule has 0 aliphatic carbocycles. The number of benzene rings is 1. The first-order valence-corrected chi connectivity index (χ1v) is 7.81. The van der Waals surface area contributed by atoms with Gasteiger partial charge in [-0.15, -0.1) is 0 Å². The highest BCUT2D eigenvalue weighted by Crippen LogP contribution is 2.41. The minimum Gasteiger partial charge on any atom is -0.384 e. The van der Waals surface area contributed by atoms with Gasteiger partial charge >= 0.3 is 0 Å². The molecule has 0 aliphatic heterocycles. The molecule has 0 spiro atoms. The minimum absolute atomic E-state index is 0.266. The third-order valence-electron chi connectivity index (χ3n) is 4.16. The lowest BCUT2D eigenvalue weighted by molar-refractivity contribution is -0.0598. The highest BCUT2D eigenvalue weighted by atomic mass is 16.3. The number of aliphatic hydroxyl groups is 1. The molecule has 0 heterocycles. The van der Waals surface area contributed by atoms with Crippen LogP contribution in [0.5, 0.6) is 0 Å². The molecule has 2 nitrogen and oxygen atoms in total. The lowest BCUT2D eigenvalue weighted by atomic mass is 9.70. The SMILES string of the molecule is CCN(CC)CC#CC[C@@](O)(c1ccccc1)C(C)(C)C. The van der Waals surface area contributed by atoms with Crippen molar-refractivity contribution in [1.29, 1.82) is 0 Å². The molecule has 1 rings (SSSR count). The summed E-state index contributed by atoms with van der Waals surface area (Å²) in [5.74, 6) is 6.39. The molecule has 21 heavy (non-hydrogen) atoms. The number of hydrogen-bond acceptors (Lipinski definition) is 2. The van der Waals surface area contributed by atoms with Crippen LogP contribution in [-0.4, -0.2) is 29.6 Å². The van der Waals surface area contributed by atoms with Crippen molar-refractivity contribution in [1.82, 2.24) is 4.90 Å². The Morgan fingerprint density at radius 1 is 1.00 bits per heavy atom. The van der Waals surface area contributed by atoms with Crippen LogP contribution in [0.1, 0.15) is 46.6 Å². The monoisotopic (exact) mass is 287 g/mol. The summed E-state index contributed by atoms with van der Waals surface area (Å²) in [6, 6.07) is 9.87. The Morgan fingerprint density at radius 2 is 1.57 bits per heavy atom. The summed E-state index contributed by atoms with van der Waals surface area (Å²) in [5.41, 5.74) is -0.252. The van der Waals surface area contributed by atoms with Gasteiger partial charge in [0.1, 0.15) is 5.60 Å². The van der Waals surface area contributed by atoms with E-state index in [9.17, 15) is 5.11 Å². The molecule has 0 saturated carbocycles. The molecule has 0 aliphatic rings. The first kappa shape index (κ1) is 17.8. The Balaban J connectivity index is 2.90. The molecule has 1 aromatic rings. The van der Waals surface area contributed by atoms with Gasteiger partial charge in [0.2, 0.25) is 0 Å². The van der Waals surface area contributed by atoms with Crippen LogP contribution in [0.4, 0.5) is 0 Å². The average molecular weight is 287 g/mol. The van der Waals surface area contributed by atoms with Gasteiger partial charge in [-0.3, -0.25) is 4.90 Å². The smallest absolute Gasteiger partial charge is 0.105 e. The summed E-state index contributed by atoms with van der Waals surface area (Å²) in [5, 5.41) is 11.2. The topological polar surface area (TPSA) is 23.5 Å². The Kier molecular flexibility index (Phi) is 6.45. The highest BCUT2D eigenvalue weighted by molar-refractivity contribution is 5.27. The van der Waals surface area contributed by atoms with Crippen molar-refractivity contribution in [2.45, 2.75) is 46.6 Å². The van der Waals surface area contributed by atoms with Gasteiger partial charge in [0, 0.05) is 6.42 Å². The average Bonchev–Trinajstić information content (AvgIpc) is 2.47. The second-order valence-corrected chi connectivity index (χ2v) is 6.47. The normalized spacial score (nSPS) is 14.4. The van der Waals surface area contributed by atoms with Crippen molar-refractivity contribution in [3.05, 3.63) is 35.9 Å². The fraction of sp³-hybridized carbons (Fsp3) is 0.579. The van der Waals surface area contributed by atoms with E-state index >= 15 is 0 Å². The zero-order chi connectivity index (χ0) is 15.9. The third kappa shape index (κ3) is 4.59. The number of hydrogen-bond donors (Lipinski definition) is 1. The van der Waals surface area contributed by atoms with Crippen molar-refractivity contribution in [2.24, 2.45) is 5.41 Å². The molecule has 116 valence electrons. The fourth-order valence-corrected chi connectivity index (χ4v) is 2.32. The molecule has 0 saturated heterocycles. The summed E-state index contributed by atoms with van der Waals surface area (Å²) >= 11 is 0. The van der Waals surface area contributed by atoms with Crippen LogP contribution in [0.3, 0.4) is 0 Å². The van der Waals surface area contributed by atoms with Gasteiger partial charge in [0.15, 0.2) is 0 Å². The zero-order valence-electron chi connectivity index (χ0n) is 14.1. The van der Waals surface area contributed by atoms with Crippen molar-refractivity contribution in [3.63, 3.8) is 0 Å². The maximum Gasteiger partial charge on any atom is 0.105 e. The summed E-state index contributed by atoms with van der Waals surface area (Å²) in [6.45, 7) is 13.2. The van der Waals surface area contributed by atoms with Gasteiger partial charge in [-0.2, -0.15) is 0 Å². The molecular formula is C19H29NO. The van der Waals surface area contributed by atoms with Gasteiger partial charge in [-0.05, 0) is 24.1 Å². The lowest BCUT2D eigenvalue weighted by Crippen LogP contribution is -2.39. The lowest BCUT2D eigenvalue weighted by Gasteiger charge is -2.39. The molecule has 2 heteroatoms. The molecule has 0 unspecified atom stereocenters.